The van der Waals surface area contributed by atoms with Gasteiger partial charge in [0.1, 0.15) is 0 Å². The topological polar surface area (TPSA) is 14.8 Å². The lowest BCUT2D eigenvalue weighted by atomic mass is 10.0. The van der Waals surface area contributed by atoms with E-state index in [1.807, 2.05) is 18.2 Å². The molecular formula is C44H31N3. The van der Waals surface area contributed by atoms with Gasteiger partial charge in [-0.15, -0.1) is 0 Å². The van der Waals surface area contributed by atoms with Gasteiger partial charge < -0.3 is 13.7 Å². The van der Waals surface area contributed by atoms with Gasteiger partial charge in [0.05, 0.1) is 27.8 Å². The minimum Gasteiger partial charge on any atom is -0.317 e. The van der Waals surface area contributed by atoms with E-state index in [4.69, 9.17) is 0 Å². The molecule has 0 unspecified atom stereocenters. The highest BCUT2D eigenvalue weighted by Crippen LogP contribution is 2.37. The lowest BCUT2D eigenvalue weighted by Crippen LogP contribution is -1.96. The van der Waals surface area contributed by atoms with E-state index in [-0.39, 0.29) is 0 Å². The molecule has 9 rings (SSSR count). The summed E-state index contributed by atoms with van der Waals surface area (Å²) >= 11 is 0. The zero-order chi connectivity index (χ0) is 31.5. The Morgan fingerprint density at radius 1 is 0.426 bits per heavy atom. The van der Waals surface area contributed by atoms with Gasteiger partial charge in [0.25, 0.3) is 0 Å². The van der Waals surface area contributed by atoms with Gasteiger partial charge in [0, 0.05) is 50.4 Å². The molecule has 0 aliphatic rings. The van der Waals surface area contributed by atoms with Gasteiger partial charge in [-0.1, -0.05) is 92.0 Å². The van der Waals surface area contributed by atoms with Crippen LogP contribution in [0.4, 0.5) is 0 Å². The van der Waals surface area contributed by atoms with Crippen molar-refractivity contribution in [3.8, 4) is 28.2 Å². The Morgan fingerprint density at radius 3 is 1.85 bits per heavy atom. The molecule has 0 atom stereocenters. The maximum atomic E-state index is 4.14. The second-order valence-electron chi connectivity index (χ2n) is 12.0. The number of hydrogen-bond donors (Lipinski definition) is 0. The van der Waals surface area contributed by atoms with Gasteiger partial charge in [-0.25, -0.2) is 0 Å². The summed E-state index contributed by atoms with van der Waals surface area (Å²) in [5.74, 6) is 0. The number of para-hydroxylation sites is 3. The van der Waals surface area contributed by atoms with Crippen LogP contribution in [0.3, 0.4) is 0 Å². The lowest BCUT2D eigenvalue weighted by Gasteiger charge is -2.11. The largest absolute Gasteiger partial charge is 0.317 e. The summed E-state index contributed by atoms with van der Waals surface area (Å²) in [5, 5.41) is 4.86. The van der Waals surface area contributed by atoms with Gasteiger partial charge in [-0.05, 0) is 90.0 Å². The van der Waals surface area contributed by atoms with E-state index in [2.05, 4.69) is 173 Å². The number of aromatic nitrogens is 3. The molecule has 0 amide bonds. The second kappa shape index (κ2) is 10.6. The zero-order valence-corrected chi connectivity index (χ0v) is 25.8. The minimum atomic E-state index is 1.05. The first-order valence-electron chi connectivity index (χ1n) is 15.9. The second-order valence-corrected chi connectivity index (χ2v) is 12.0. The fourth-order valence-electron chi connectivity index (χ4n) is 7.30. The Labute approximate surface area is 273 Å². The molecule has 3 heterocycles. The average Bonchev–Trinajstić information content (AvgIpc) is 3.81. The Bertz CT molecular complexity index is 2650. The fraction of sp³-hybridized carbons (Fsp3) is 0. The van der Waals surface area contributed by atoms with Crippen LogP contribution < -0.4 is 0 Å². The van der Waals surface area contributed by atoms with Crippen LogP contribution in [0.15, 0.2) is 165 Å². The number of nitrogens with zero attached hydrogens (tertiary/aromatic N) is 3. The Hall–Kier alpha value is -6.32. The summed E-state index contributed by atoms with van der Waals surface area (Å²) < 4.78 is 6.93. The molecule has 0 bridgehead atoms. The van der Waals surface area contributed by atoms with Gasteiger partial charge in [0.15, 0.2) is 0 Å². The van der Waals surface area contributed by atoms with E-state index in [9.17, 15) is 0 Å². The predicted octanol–water partition coefficient (Wildman–Crippen LogP) is 11.6. The molecule has 0 aliphatic carbocycles. The lowest BCUT2D eigenvalue weighted by molar-refractivity contribution is 1.11. The van der Waals surface area contributed by atoms with Crippen LogP contribution >= 0.6 is 0 Å². The van der Waals surface area contributed by atoms with Gasteiger partial charge in [-0.2, -0.15) is 0 Å². The predicted molar refractivity (Wildman–Crippen MR) is 200 cm³/mol. The number of fused-ring (bicyclic) bond motifs is 5. The molecule has 0 spiro atoms. The Morgan fingerprint density at radius 2 is 1.09 bits per heavy atom. The smallest absolute Gasteiger partial charge is 0.0547 e. The highest BCUT2D eigenvalue weighted by atomic mass is 15.0. The summed E-state index contributed by atoms with van der Waals surface area (Å²) in [5.41, 5.74) is 12.6. The molecule has 0 N–H and O–H groups in total. The number of benzene rings is 6. The third-order valence-corrected chi connectivity index (χ3v) is 9.43. The monoisotopic (exact) mass is 601 g/mol. The molecular weight excluding hydrogens is 571 g/mol. The first-order valence-corrected chi connectivity index (χ1v) is 15.9. The van der Waals surface area contributed by atoms with Crippen molar-refractivity contribution in [3.63, 3.8) is 0 Å². The molecule has 0 aliphatic heterocycles. The molecule has 0 radical (unpaired) electrons. The zero-order valence-electron chi connectivity index (χ0n) is 25.8. The van der Waals surface area contributed by atoms with Crippen LogP contribution in [-0.2, 0) is 0 Å². The Balaban J connectivity index is 1.16. The van der Waals surface area contributed by atoms with Gasteiger partial charge >= 0.3 is 0 Å². The van der Waals surface area contributed by atoms with Crippen LogP contribution in [0.2, 0.25) is 0 Å². The summed E-state index contributed by atoms with van der Waals surface area (Å²) in [6.07, 6.45) is 6.04. The van der Waals surface area contributed by atoms with Crippen LogP contribution in [0.25, 0.3) is 84.0 Å². The average molecular weight is 602 g/mol. The maximum absolute atomic E-state index is 4.14. The molecule has 3 nitrogen and oxygen atoms in total. The molecule has 0 fully saturated rings. The molecule has 0 saturated carbocycles. The third kappa shape index (κ3) is 4.14. The van der Waals surface area contributed by atoms with E-state index >= 15 is 0 Å². The summed E-state index contributed by atoms with van der Waals surface area (Å²) in [6.45, 7) is 8.26. The van der Waals surface area contributed by atoms with E-state index in [0.717, 1.165) is 28.1 Å². The molecule has 9 aromatic rings. The van der Waals surface area contributed by atoms with Crippen LogP contribution in [0.5, 0.6) is 0 Å². The molecule has 222 valence electrons. The number of hydrogen-bond acceptors (Lipinski definition) is 0. The highest BCUT2D eigenvalue weighted by molar-refractivity contribution is 6.10. The van der Waals surface area contributed by atoms with E-state index < -0.39 is 0 Å². The van der Waals surface area contributed by atoms with Crippen molar-refractivity contribution in [2.45, 2.75) is 0 Å². The van der Waals surface area contributed by atoms with E-state index in [1.54, 1.807) is 0 Å². The quantitative estimate of drug-likeness (QED) is 0.180. The van der Waals surface area contributed by atoms with Crippen LogP contribution in [-0.4, -0.2) is 13.7 Å². The first-order chi connectivity index (χ1) is 23.2. The van der Waals surface area contributed by atoms with E-state index in [1.165, 1.54) is 54.9 Å². The standard InChI is InChI=1S/C44H31N3/c1-3-36-38-22-19-31(28-44(38)46(40(36)4-2)33-13-7-5-8-14-33)30-20-23-41-32(27-30)25-26-45(41)35-21-24-43-39(29-35)37-17-11-12-18-42(37)47(43)34-15-9-6-10-16-34/h3-29H,1-2H2. The normalized spacial score (nSPS) is 11.6. The highest BCUT2D eigenvalue weighted by Gasteiger charge is 2.17. The van der Waals surface area contributed by atoms with Crippen molar-refractivity contribution in [1.29, 1.82) is 0 Å². The maximum Gasteiger partial charge on any atom is 0.0547 e. The molecule has 3 aromatic heterocycles. The van der Waals surface area contributed by atoms with Crippen molar-refractivity contribution in [2.75, 3.05) is 0 Å². The van der Waals surface area contributed by atoms with Crippen molar-refractivity contribution in [2.24, 2.45) is 0 Å². The summed E-state index contributed by atoms with van der Waals surface area (Å²) in [6, 6.07) is 52.3. The SMILES string of the molecule is C=Cc1c(C=C)n(-c2ccccc2)c2cc(-c3ccc4c(ccn4-c4ccc5c(c4)c4ccccc4n5-c4ccccc4)c3)ccc12. The third-order valence-electron chi connectivity index (χ3n) is 9.43. The first kappa shape index (κ1) is 27.0. The van der Waals surface area contributed by atoms with Crippen LogP contribution in [0.1, 0.15) is 11.3 Å². The van der Waals surface area contributed by atoms with Crippen molar-refractivity contribution in [1.82, 2.24) is 13.7 Å². The van der Waals surface area contributed by atoms with Crippen molar-refractivity contribution < 1.29 is 0 Å². The minimum absolute atomic E-state index is 1.05. The summed E-state index contributed by atoms with van der Waals surface area (Å²) in [4.78, 5) is 0. The van der Waals surface area contributed by atoms with Gasteiger partial charge in [0.2, 0.25) is 0 Å². The van der Waals surface area contributed by atoms with Gasteiger partial charge in [-0.3, -0.25) is 0 Å². The fourth-order valence-corrected chi connectivity index (χ4v) is 7.30. The molecule has 3 heteroatoms. The molecule has 6 aromatic carbocycles. The summed E-state index contributed by atoms with van der Waals surface area (Å²) in [7, 11) is 0. The molecule has 0 saturated heterocycles. The van der Waals surface area contributed by atoms with Crippen LogP contribution in [0, 0.1) is 0 Å². The van der Waals surface area contributed by atoms with Crippen molar-refractivity contribution in [3.05, 3.63) is 176 Å². The number of rotatable bonds is 6. The van der Waals surface area contributed by atoms with Crippen molar-refractivity contribution >= 4 is 55.8 Å². The molecule has 47 heavy (non-hydrogen) atoms. The van der Waals surface area contributed by atoms with E-state index in [0.29, 0.717) is 0 Å². The Kier molecular flexibility index (Phi) is 6.12.